The summed E-state index contributed by atoms with van der Waals surface area (Å²) < 4.78 is 12.9. The lowest BCUT2D eigenvalue weighted by molar-refractivity contribution is 0.159. The van der Waals surface area contributed by atoms with Crippen LogP contribution in [0.3, 0.4) is 0 Å². The van der Waals surface area contributed by atoms with E-state index in [1.165, 1.54) is 18.2 Å². The van der Waals surface area contributed by atoms with Crippen LogP contribution in [0.5, 0.6) is 0 Å². The van der Waals surface area contributed by atoms with Crippen molar-refractivity contribution in [1.29, 1.82) is 0 Å². The van der Waals surface area contributed by atoms with Crippen LogP contribution in [0.1, 0.15) is 38.4 Å². The van der Waals surface area contributed by atoms with Gasteiger partial charge in [-0.3, -0.25) is 0 Å². The van der Waals surface area contributed by atoms with Crippen LogP contribution >= 0.6 is 11.6 Å². The van der Waals surface area contributed by atoms with Gasteiger partial charge in [0.15, 0.2) is 0 Å². The maximum atomic E-state index is 12.9. The van der Waals surface area contributed by atoms with E-state index in [4.69, 9.17) is 11.6 Å². The van der Waals surface area contributed by atoms with E-state index in [0.29, 0.717) is 22.9 Å². The van der Waals surface area contributed by atoms with Gasteiger partial charge in [-0.2, -0.15) is 0 Å². The number of hydrogen-bond donors (Lipinski definition) is 1. The molecule has 0 spiro atoms. The summed E-state index contributed by atoms with van der Waals surface area (Å²) in [5.41, 5.74) is 0.484. The molecule has 0 bridgehead atoms. The van der Waals surface area contributed by atoms with Gasteiger partial charge in [0, 0.05) is 10.6 Å². The van der Waals surface area contributed by atoms with Gasteiger partial charge >= 0.3 is 0 Å². The van der Waals surface area contributed by atoms with Crippen LogP contribution in [0, 0.1) is 11.7 Å². The number of aliphatic hydroxyl groups is 1. The van der Waals surface area contributed by atoms with Crippen LogP contribution < -0.4 is 0 Å². The first-order valence-electron chi connectivity index (χ1n) is 5.13. The van der Waals surface area contributed by atoms with Gasteiger partial charge in [-0.05, 0) is 37.0 Å². The topological polar surface area (TPSA) is 20.2 Å². The van der Waals surface area contributed by atoms with E-state index >= 15 is 0 Å². The van der Waals surface area contributed by atoms with E-state index < -0.39 is 6.10 Å². The van der Waals surface area contributed by atoms with Gasteiger partial charge in [0.2, 0.25) is 0 Å². The number of benzene rings is 1. The van der Waals surface area contributed by atoms with Crippen LogP contribution in [0.15, 0.2) is 18.2 Å². The molecule has 0 radical (unpaired) electrons. The minimum absolute atomic E-state index is 0.363. The Kier molecular flexibility index (Phi) is 4.55. The van der Waals surface area contributed by atoms with E-state index in [0.717, 1.165) is 6.42 Å². The Morgan fingerprint density at radius 2 is 2.00 bits per heavy atom. The predicted molar refractivity (Wildman–Crippen MR) is 60.4 cm³/mol. The van der Waals surface area contributed by atoms with Crippen molar-refractivity contribution in [2.24, 2.45) is 5.92 Å². The summed E-state index contributed by atoms with van der Waals surface area (Å²) in [5.74, 6) is 0.157. The van der Waals surface area contributed by atoms with Gasteiger partial charge in [-0.15, -0.1) is 0 Å². The van der Waals surface area contributed by atoms with Gasteiger partial charge in [-0.1, -0.05) is 25.4 Å². The van der Waals surface area contributed by atoms with E-state index in [1.54, 1.807) is 0 Å². The zero-order valence-electron chi connectivity index (χ0n) is 9.00. The van der Waals surface area contributed by atoms with Crippen molar-refractivity contribution in [2.75, 3.05) is 0 Å². The predicted octanol–water partition coefficient (Wildman–Crippen LogP) is 3.95. The molecule has 1 unspecified atom stereocenters. The maximum Gasteiger partial charge on any atom is 0.123 e. The van der Waals surface area contributed by atoms with Crippen molar-refractivity contribution in [2.45, 2.75) is 32.8 Å². The Morgan fingerprint density at radius 3 is 2.60 bits per heavy atom. The molecule has 1 aromatic carbocycles. The third-order valence-corrected chi connectivity index (χ3v) is 2.68. The first kappa shape index (κ1) is 12.5. The molecule has 1 N–H and O–H groups in total. The molecule has 3 heteroatoms. The van der Waals surface area contributed by atoms with Crippen molar-refractivity contribution in [1.82, 2.24) is 0 Å². The molecular formula is C12H16ClFO. The summed E-state index contributed by atoms with van der Waals surface area (Å²) in [4.78, 5) is 0. The molecule has 0 saturated carbocycles. The minimum atomic E-state index is -0.671. The minimum Gasteiger partial charge on any atom is -0.388 e. The summed E-state index contributed by atoms with van der Waals surface area (Å²) >= 11 is 5.88. The molecular weight excluding hydrogens is 215 g/mol. The Bertz CT molecular complexity index is 325. The molecule has 0 aliphatic rings. The highest BCUT2D eigenvalue weighted by Gasteiger charge is 2.12. The van der Waals surface area contributed by atoms with Crippen LogP contribution in [0.2, 0.25) is 5.02 Å². The number of rotatable bonds is 4. The molecule has 0 saturated heterocycles. The fourth-order valence-corrected chi connectivity index (χ4v) is 1.66. The standard InChI is InChI=1S/C12H16ClFO/c1-8(2)3-6-12(15)10-7-9(14)4-5-11(10)13/h4-5,7-8,12,15H,3,6H2,1-2H3. The summed E-state index contributed by atoms with van der Waals surface area (Å²) in [5, 5.41) is 10.2. The normalized spacial score (nSPS) is 13.2. The fourth-order valence-electron chi connectivity index (χ4n) is 1.42. The summed E-state index contributed by atoms with van der Waals surface area (Å²) in [7, 11) is 0. The Balaban J connectivity index is 2.72. The number of hydrogen-bond acceptors (Lipinski definition) is 1. The second-order valence-corrected chi connectivity index (χ2v) is 4.56. The van der Waals surface area contributed by atoms with Crippen LogP contribution in [-0.2, 0) is 0 Å². The molecule has 1 rings (SSSR count). The lowest BCUT2D eigenvalue weighted by Gasteiger charge is -2.13. The molecule has 84 valence electrons. The second-order valence-electron chi connectivity index (χ2n) is 4.15. The molecule has 1 atom stereocenters. The van der Waals surface area contributed by atoms with Gasteiger partial charge in [0.1, 0.15) is 5.82 Å². The summed E-state index contributed by atoms with van der Waals surface area (Å²) in [6.07, 6.45) is 0.838. The summed E-state index contributed by atoms with van der Waals surface area (Å²) in [6, 6.07) is 4.07. The van der Waals surface area contributed by atoms with Gasteiger partial charge in [0.25, 0.3) is 0 Å². The van der Waals surface area contributed by atoms with E-state index in [2.05, 4.69) is 13.8 Å². The molecule has 15 heavy (non-hydrogen) atoms. The molecule has 1 aromatic rings. The van der Waals surface area contributed by atoms with Gasteiger partial charge in [0.05, 0.1) is 6.10 Å². The quantitative estimate of drug-likeness (QED) is 0.831. The molecule has 0 aromatic heterocycles. The zero-order chi connectivity index (χ0) is 11.4. The Labute approximate surface area is 94.9 Å². The van der Waals surface area contributed by atoms with Crippen molar-refractivity contribution in [3.63, 3.8) is 0 Å². The highest BCUT2D eigenvalue weighted by Crippen LogP contribution is 2.27. The molecule has 1 nitrogen and oxygen atoms in total. The number of aliphatic hydroxyl groups excluding tert-OH is 1. The average molecular weight is 231 g/mol. The lowest BCUT2D eigenvalue weighted by atomic mass is 10.00. The van der Waals surface area contributed by atoms with Crippen molar-refractivity contribution < 1.29 is 9.50 Å². The molecule has 0 aliphatic carbocycles. The smallest absolute Gasteiger partial charge is 0.123 e. The van der Waals surface area contributed by atoms with Gasteiger partial charge < -0.3 is 5.11 Å². The SMILES string of the molecule is CC(C)CCC(O)c1cc(F)ccc1Cl. The van der Waals surface area contributed by atoms with E-state index in [-0.39, 0.29) is 5.82 Å². The molecule has 0 amide bonds. The fraction of sp³-hybridized carbons (Fsp3) is 0.500. The average Bonchev–Trinajstić information content (AvgIpc) is 2.18. The summed E-state index contributed by atoms with van der Waals surface area (Å²) in [6.45, 7) is 4.17. The van der Waals surface area contributed by atoms with Crippen molar-refractivity contribution in [3.05, 3.63) is 34.6 Å². The van der Waals surface area contributed by atoms with E-state index in [9.17, 15) is 9.50 Å². The highest BCUT2D eigenvalue weighted by molar-refractivity contribution is 6.31. The first-order valence-corrected chi connectivity index (χ1v) is 5.51. The molecule has 0 heterocycles. The van der Waals surface area contributed by atoms with E-state index in [1.807, 2.05) is 0 Å². The molecule has 0 aliphatic heterocycles. The van der Waals surface area contributed by atoms with Gasteiger partial charge in [-0.25, -0.2) is 4.39 Å². The van der Waals surface area contributed by atoms with Crippen molar-refractivity contribution >= 4 is 11.6 Å². The molecule has 0 fully saturated rings. The number of halogens is 2. The maximum absolute atomic E-state index is 12.9. The first-order chi connectivity index (χ1) is 7.00. The van der Waals surface area contributed by atoms with Crippen molar-refractivity contribution in [3.8, 4) is 0 Å². The monoisotopic (exact) mass is 230 g/mol. The lowest BCUT2D eigenvalue weighted by Crippen LogP contribution is -2.01. The van der Waals surface area contributed by atoms with Crippen LogP contribution in [-0.4, -0.2) is 5.11 Å². The zero-order valence-corrected chi connectivity index (χ0v) is 9.76. The third kappa shape index (κ3) is 3.80. The highest BCUT2D eigenvalue weighted by atomic mass is 35.5. The van der Waals surface area contributed by atoms with Crippen LogP contribution in [0.4, 0.5) is 4.39 Å². The Hall–Kier alpha value is -0.600. The largest absolute Gasteiger partial charge is 0.388 e. The Morgan fingerprint density at radius 1 is 1.33 bits per heavy atom. The third-order valence-electron chi connectivity index (χ3n) is 2.33. The van der Waals surface area contributed by atoms with Crippen LogP contribution in [0.25, 0.3) is 0 Å². The second kappa shape index (κ2) is 5.47.